The quantitative estimate of drug-likeness (QED) is 0.752. The Morgan fingerprint density at radius 2 is 1.77 bits per heavy atom. The Bertz CT molecular complexity index is 990. The maximum absolute atomic E-state index is 12.9. The maximum atomic E-state index is 12.9. The number of hydrogen-bond acceptors (Lipinski definition) is 7. The van der Waals surface area contributed by atoms with Crippen LogP contribution < -0.4 is 5.01 Å². The van der Waals surface area contributed by atoms with E-state index in [4.69, 9.17) is 4.74 Å². The molecule has 0 atom stereocenters. The van der Waals surface area contributed by atoms with E-state index in [2.05, 4.69) is 10.1 Å². The van der Waals surface area contributed by atoms with E-state index in [1.807, 2.05) is 19.1 Å². The Morgan fingerprint density at radius 1 is 1.12 bits per heavy atom. The molecule has 0 spiro atoms. The standard InChI is InChI=1S/C18H19N3O4S/c1-12-7-9-13(10-8-12)21-15-14(6-5-11-19-15)26(23,24)16(20-21)17(22)25-18(2,3)4/h5-11H,1-4H3. The second kappa shape index (κ2) is 6.21. The normalized spacial score (nSPS) is 15.8. The molecule has 0 unspecified atom stereocenters. The Kier molecular flexibility index (Phi) is 4.31. The van der Waals surface area contributed by atoms with E-state index in [1.165, 1.54) is 23.3 Å². The number of ether oxygens (including phenoxy) is 1. The molecule has 7 nitrogen and oxygen atoms in total. The predicted molar refractivity (Wildman–Crippen MR) is 98.0 cm³/mol. The Balaban J connectivity index is 2.18. The van der Waals surface area contributed by atoms with E-state index in [0.717, 1.165) is 5.56 Å². The molecule has 2 aromatic rings. The summed E-state index contributed by atoms with van der Waals surface area (Å²) in [6.45, 7) is 6.92. The van der Waals surface area contributed by atoms with Gasteiger partial charge >= 0.3 is 5.97 Å². The van der Waals surface area contributed by atoms with Crippen molar-refractivity contribution >= 4 is 32.4 Å². The SMILES string of the molecule is Cc1ccc(N2N=C(C(=O)OC(C)(C)C)S(=O)(=O)c3cccnc32)cc1. The summed E-state index contributed by atoms with van der Waals surface area (Å²) in [5.74, 6) is -0.854. The zero-order valence-corrected chi connectivity index (χ0v) is 15.7. The molecule has 0 radical (unpaired) electrons. The Hall–Kier alpha value is -2.74. The molecule has 1 aromatic carbocycles. The van der Waals surface area contributed by atoms with Crippen LogP contribution in [0.1, 0.15) is 26.3 Å². The third-order valence-electron chi connectivity index (χ3n) is 3.54. The number of carbonyl (C=O) groups is 1. The summed E-state index contributed by atoms with van der Waals surface area (Å²) in [7, 11) is -4.13. The van der Waals surface area contributed by atoms with Crippen LogP contribution in [0, 0.1) is 6.92 Å². The predicted octanol–water partition coefficient (Wildman–Crippen LogP) is 2.97. The molecule has 26 heavy (non-hydrogen) atoms. The van der Waals surface area contributed by atoms with Gasteiger partial charge < -0.3 is 4.74 Å². The van der Waals surface area contributed by atoms with E-state index < -0.39 is 26.5 Å². The number of rotatable bonds is 2. The molecule has 2 heterocycles. The summed E-state index contributed by atoms with van der Waals surface area (Å²) in [5, 5.41) is 4.77. The van der Waals surface area contributed by atoms with E-state index in [-0.39, 0.29) is 10.7 Å². The minimum Gasteiger partial charge on any atom is -0.455 e. The third kappa shape index (κ3) is 3.32. The number of pyridine rings is 1. The lowest BCUT2D eigenvalue weighted by Gasteiger charge is -2.27. The molecule has 136 valence electrons. The van der Waals surface area contributed by atoms with Crippen LogP contribution in [0.2, 0.25) is 0 Å². The average molecular weight is 373 g/mol. The van der Waals surface area contributed by atoms with Gasteiger partial charge in [-0.3, -0.25) is 0 Å². The van der Waals surface area contributed by atoms with Gasteiger partial charge in [0.25, 0.3) is 5.04 Å². The van der Waals surface area contributed by atoms with Crippen molar-refractivity contribution in [1.29, 1.82) is 0 Å². The highest BCUT2D eigenvalue weighted by Gasteiger charge is 2.40. The smallest absolute Gasteiger partial charge is 0.371 e. The Labute approximate surface area is 152 Å². The van der Waals surface area contributed by atoms with Gasteiger partial charge in [0.05, 0.1) is 5.69 Å². The van der Waals surface area contributed by atoms with Gasteiger partial charge in [-0.15, -0.1) is 5.10 Å². The first-order valence-electron chi connectivity index (χ1n) is 7.98. The second-order valence-corrected chi connectivity index (χ2v) is 8.72. The minimum atomic E-state index is -4.13. The number of aromatic nitrogens is 1. The van der Waals surface area contributed by atoms with Crippen LogP contribution in [0.4, 0.5) is 11.5 Å². The molecule has 1 aliphatic rings. The highest BCUT2D eigenvalue weighted by molar-refractivity contribution is 8.08. The number of hydrogen-bond donors (Lipinski definition) is 0. The fourth-order valence-electron chi connectivity index (χ4n) is 2.39. The molecule has 0 saturated carbocycles. The summed E-state index contributed by atoms with van der Waals surface area (Å²) in [5.41, 5.74) is 0.779. The third-order valence-corrected chi connectivity index (χ3v) is 5.19. The molecule has 0 bridgehead atoms. The van der Waals surface area contributed by atoms with Gasteiger partial charge in [-0.25, -0.2) is 23.2 Å². The molecule has 8 heteroatoms. The number of fused-ring (bicyclic) bond motifs is 1. The van der Waals surface area contributed by atoms with Crippen molar-refractivity contribution in [2.45, 2.75) is 38.2 Å². The number of esters is 1. The van der Waals surface area contributed by atoms with E-state index in [0.29, 0.717) is 5.69 Å². The van der Waals surface area contributed by atoms with Crippen molar-refractivity contribution in [2.24, 2.45) is 5.10 Å². The second-order valence-electron chi connectivity index (χ2n) is 6.88. The zero-order valence-electron chi connectivity index (χ0n) is 14.9. The first-order chi connectivity index (χ1) is 12.1. The molecule has 0 amide bonds. The van der Waals surface area contributed by atoms with Crippen molar-refractivity contribution in [2.75, 3.05) is 5.01 Å². The number of anilines is 2. The van der Waals surface area contributed by atoms with Crippen LogP contribution in [0.5, 0.6) is 0 Å². The van der Waals surface area contributed by atoms with Gasteiger partial charge in [-0.1, -0.05) is 17.7 Å². The highest BCUT2D eigenvalue weighted by atomic mass is 32.2. The van der Waals surface area contributed by atoms with Crippen LogP contribution in [0.15, 0.2) is 52.6 Å². The Morgan fingerprint density at radius 3 is 2.38 bits per heavy atom. The van der Waals surface area contributed by atoms with Crippen molar-refractivity contribution in [3.63, 3.8) is 0 Å². The summed E-state index contributed by atoms with van der Waals surface area (Å²) in [6, 6.07) is 10.2. The van der Waals surface area contributed by atoms with Gasteiger partial charge in [0.1, 0.15) is 10.5 Å². The van der Waals surface area contributed by atoms with Crippen LogP contribution in [-0.4, -0.2) is 30.0 Å². The number of carbonyl (C=O) groups excluding carboxylic acids is 1. The average Bonchev–Trinajstić information content (AvgIpc) is 2.54. The molecular formula is C18H19N3O4S. The molecule has 0 saturated heterocycles. The first-order valence-corrected chi connectivity index (χ1v) is 9.47. The van der Waals surface area contributed by atoms with Crippen molar-refractivity contribution in [3.8, 4) is 0 Å². The van der Waals surface area contributed by atoms with Gasteiger partial charge in [0.2, 0.25) is 9.84 Å². The van der Waals surface area contributed by atoms with E-state index in [1.54, 1.807) is 32.9 Å². The van der Waals surface area contributed by atoms with Crippen molar-refractivity contribution in [3.05, 3.63) is 48.2 Å². The number of benzene rings is 1. The molecule has 0 fully saturated rings. The fourth-order valence-corrected chi connectivity index (χ4v) is 3.68. The molecule has 3 rings (SSSR count). The highest BCUT2D eigenvalue weighted by Crippen LogP contribution is 2.35. The monoisotopic (exact) mass is 373 g/mol. The summed E-state index contributed by atoms with van der Waals surface area (Å²) < 4.78 is 31.0. The molecule has 1 aromatic heterocycles. The molecular weight excluding hydrogens is 354 g/mol. The maximum Gasteiger partial charge on any atom is 0.371 e. The molecule has 1 aliphatic heterocycles. The number of nitrogens with zero attached hydrogens (tertiary/aromatic N) is 3. The van der Waals surface area contributed by atoms with Gasteiger partial charge in [-0.05, 0) is 52.0 Å². The summed E-state index contributed by atoms with van der Waals surface area (Å²) >= 11 is 0. The van der Waals surface area contributed by atoms with Gasteiger partial charge in [0.15, 0.2) is 5.82 Å². The lowest BCUT2D eigenvalue weighted by molar-refractivity contribution is -0.145. The van der Waals surface area contributed by atoms with Crippen LogP contribution in [-0.2, 0) is 19.4 Å². The summed E-state index contributed by atoms with van der Waals surface area (Å²) in [4.78, 5) is 16.6. The first kappa shape index (κ1) is 18.1. The van der Waals surface area contributed by atoms with Gasteiger partial charge in [0, 0.05) is 6.20 Å². The number of sulfone groups is 1. The van der Waals surface area contributed by atoms with Crippen molar-refractivity contribution < 1.29 is 17.9 Å². The van der Waals surface area contributed by atoms with Crippen LogP contribution in [0.25, 0.3) is 0 Å². The summed E-state index contributed by atoms with van der Waals surface area (Å²) in [6.07, 6.45) is 1.48. The lowest BCUT2D eigenvalue weighted by atomic mass is 10.2. The number of aryl methyl sites for hydroxylation is 1. The topological polar surface area (TPSA) is 88.9 Å². The largest absolute Gasteiger partial charge is 0.455 e. The number of hydrazone groups is 1. The van der Waals surface area contributed by atoms with E-state index in [9.17, 15) is 13.2 Å². The molecule has 0 aliphatic carbocycles. The lowest BCUT2D eigenvalue weighted by Crippen LogP contribution is -2.37. The van der Waals surface area contributed by atoms with Crippen LogP contribution in [0.3, 0.4) is 0 Å². The van der Waals surface area contributed by atoms with Crippen molar-refractivity contribution in [1.82, 2.24) is 4.98 Å². The minimum absolute atomic E-state index is 0.0866. The van der Waals surface area contributed by atoms with Crippen LogP contribution >= 0.6 is 0 Å². The van der Waals surface area contributed by atoms with E-state index >= 15 is 0 Å². The zero-order chi connectivity index (χ0) is 19.1. The molecule has 0 N–H and O–H groups in total. The fraction of sp³-hybridized carbons (Fsp3) is 0.278. The van der Waals surface area contributed by atoms with Gasteiger partial charge in [-0.2, -0.15) is 0 Å².